The van der Waals surface area contributed by atoms with Gasteiger partial charge in [-0.15, -0.1) is 10.2 Å². The number of aromatic nitrogens is 2. The number of hydrogen-bond acceptors (Lipinski definition) is 8. The summed E-state index contributed by atoms with van der Waals surface area (Å²) >= 11 is 0.769. The minimum atomic E-state index is -3.83. The van der Waals surface area contributed by atoms with E-state index in [2.05, 4.69) is 20.2 Å². The van der Waals surface area contributed by atoms with Crippen LogP contribution in [0, 0.1) is 5.41 Å². The summed E-state index contributed by atoms with van der Waals surface area (Å²) in [6, 6.07) is 0. The second-order valence-corrected chi connectivity index (χ2v) is 8.07. The Morgan fingerprint density at radius 2 is 2.09 bits per heavy atom. The Labute approximate surface area is 132 Å². The second kappa shape index (κ2) is 6.96. The topological polar surface area (TPSA) is 131 Å². The van der Waals surface area contributed by atoms with Gasteiger partial charge < -0.3 is 15.2 Å². The van der Waals surface area contributed by atoms with Crippen molar-refractivity contribution in [2.75, 3.05) is 31.7 Å². The average molecular weight is 350 g/mol. The summed E-state index contributed by atoms with van der Waals surface area (Å²) in [5.41, 5.74) is -0.517. The summed E-state index contributed by atoms with van der Waals surface area (Å²) in [6.45, 7) is 2.27. The third-order valence-corrected chi connectivity index (χ3v) is 6.05. The van der Waals surface area contributed by atoms with Gasteiger partial charge >= 0.3 is 0 Å². The van der Waals surface area contributed by atoms with Crippen molar-refractivity contribution in [2.45, 2.75) is 24.1 Å². The van der Waals surface area contributed by atoms with Crippen LogP contribution in [0.25, 0.3) is 0 Å². The van der Waals surface area contributed by atoms with Crippen molar-refractivity contribution in [2.24, 2.45) is 5.41 Å². The molecule has 0 radical (unpaired) electrons. The number of nitrogens with one attached hydrogen (secondary N) is 2. The molecule has 2 rings (SSSR count). The van der Waals surface area contributed by atoms with Crippen molar-refractivity contribution in [1.82, 2.24) is 14.9 Å². The van der Waals surface area contributed by atoms with Crippen LogP contribution in [-0.4, -0.2) is 56.0 Å². The highest BCUT2D eigenvalue weighted by molar-refractivity contribution is 7.91. The Bertz CT molecular complexity index is 624. The molecule has 22 heavy (non-hydrogen) atoms. The fraction of sp³-hybridized carbons (Fsp3) is 0.727. The smallest absolute Gasteiger partial charge is 0.269 e. The molecule has 0 aromatic carbocycles. The molecule has 0 bridgehead atoms. The molecule has 1 saturated heterocycles. The summed E-state index contributed by atoms with van der Waals surface area (Å²) in [4.78, 5) is 10.9. The molecule has 3 N–H and O–H groups in total. The number of nitrogens with zero attached hydrogens (tertiary/aromatic N) is 2. The van der Waals surface area contributed by atoms with Gasteiger partial charge in [0.15, 0.2) is 0 Å². The summed E-state index contributed by atoms with van der Waals surface area (Å²) in [7, 11) is -3.83. The molecule has 0 saturated carbocycles. The van der Waals surface area contributed by atoms with Crippen molar-refractivity contribution in [3.05, 3.63) is 0 Å². The molecule has 124 valence electrons. The summed E-state index contributed by atoms with van der Waals surface area (Å²) in [5, 5.41) is 19.2. The van der Waals surface area contributed by atoms with Gasteiger partial charge in [-0.3, -0.25) is 4.79 Å². The second-order valence-electron chi connectivity index (χ2n) is 5.15. The van der Waals surface area contributed by atoms with Gasteiger partial charge in [-0.1, -0.05) is 11.3 Å². The van der Waals surface area contributed by atoms with Crippen LogP contribution in [0.15, 0.2) is 4.34 Å². The van der Waals surface area contributed by atoms with Gasteiger partial charge in [-0.2, -0.15) is 0 Å². The van der Waals surface area contributed by atoms with E-state index in [0.717, 1.165) is 11.3 Å². The lowest BCUT2D eigenvalue weighted by atomic mass is 9.81. The van der Waals surface area contributed by atoms with E-state index in [1.165, 1.54) is 6.92 Å². The predicted molar refractivity (Wildman–Crippen MR) is 79.0 cm³/mol. The van der Waals surface area contributed by atoms with Gasteiger partial charge in [-0.25, -0.2) is 13.1 Å². The summed E-state index contributed by atoms with van der Waals surface area (Å²) in [6.07, 6.45) is 1.17. The quantitative estimate of drug-likeness (QED) is 0.593. The van der Waals surface area contributed by atoms with Gasteiger partial charge in [0.05, 0.1) is 6.61 Å². The van der Waals surface area contributed by atoms with Gasteiger partial charge in [0.2, 0.25) is 15.4 Å². The van der Waals surface area contributed by atoms with E-state index in [1.54, 1.807) is 0 Å². The number of carbonyl (C=O) groups excluding carboxylic acids is 1. The highest BCUT2D eigenvalue weighted by Gasteiger charge is 2.34. The Balaban J connectivity index is 2.04. The molecule has 11 heteroatoms. The number of anilines is 1. The van der Waals surface area contributed by atoms with E-state index in [-0.39, 0.29) is 28.5 Å². The SMILES string of the molecule is CC(=O)Nc1nnc(S(=O)(=O)NCC2(CO)CCOCC2)s1. The number of hydrogen-bond donors (Lipinski definition) is 3. The lowest BCUT2D eigenvalue weighted by Gasteiger charge is -2.35. The number of aliphatic hydroxyl groups excluding tert-OH is 1. The zero-order valence-corrected chi connectivity index (χ0v) is 13.7. The third kappa shape index (κ3) is 4.20. The zero-order valence-electron chi connectivity index (χ0n) is 12.0. The van der Waals surface area contributed by atoms with Crippen LogP contribution >= 0.6 is 11.3 Å². The number of aliphatic hydroxyl groups is 1. The Kier molecular flexibility index (Phi) is 5.45. The molecule has 1 amide bonds. The Hall–Kier alpha value is -1.14. The van der Waals surface area contributed by atoms with Crippen molar-refractivity contribution in [1.29, 1.82) is 0 Å². The van der Waals surface area contributed by atoms with Crippen LogP contribution in [0.5, 0.6) is 0 Å². The first-order valence-electron chi connectivity index (χ1n) is 6.66. The highest BCUT2D eigenvalue weighted by atomic mass is 32.2. The van der Waals surface area contributed by atoms with Gasteiger partial charge in [-0.05, 0) is 12.8 Å². The fourth-order valence-electron chi connectivity index (χ4n) is 2.02. The minimum Gasteiger partial charge on any atom is -0.396 e. The Morgan fingerprint density at radius 1 is 1.41 bits per heavy atom. The summed E-state index contributed by atoms with van der Waals surface area (Å²) in [5.74, 6) is -0.352. The predicted octanol–water partition coefficient (Wildman–Crippen LogP) is -0.436. The van der Waals surface area contributed by atoms with Crippen molar-refractivity contribution in [3.63, 3.8) is 0 Å². The molecule has 1 aliphatic rings. The molecule has 1 aromatic rings. The number of rotatable bonds is 6. The maximum Gasteiger partial charge on any atom is 0.269 e. The van der Waals surface area contributed by atoms with Crippen LogP contribution in [0.3, 0.4) is 0 Å². The van der Waals surface area contributed by atoms with Crippen LogP contribution in [-0.2, 0) is 19.6 Å². The van der Waals surface area contributed by atoms with E-state index >= 15 is 0 Å². The molecule has 0 spiro atoms. The fourth-order valence-corrected chi connectivity index (χ4v) is 4.17. The molecule has 0 aliphatic carbocycles. The lowest BCUT2D eigenvalue weighted by Crippen LogP contribution is -2.43. The largest absolute Gasteiger partial charge is 0.396 e. The lowest BCUT2D eigenvalue weighted by molar-refractivity contribution is -0.114. The first-order chi connectivity index (χ1) is 10.4. The van der Waals surface area contributed by atoms with Gasteiger partial charge in [0.25, 0.3) is 10.0 Å². The number of ether oxygens (including phenoxy) is 1. The van der Waals surface area contributed by atoms with E-state index < -0.39 is 15.4 Å². The van der Waals surface area contributed by atoms with Crippen LogP contribution in [0.1, 0.15) is 19.8 Å². The Morgan fingerprint density at radius 3 is 2.68 bits per heavy atom. The van der Waals surface area contributed by atoms with Crippen LogP contribution in [0.4, 0.5) is 5.13 Å². The molecular weight excluding hydrogens is 332 g/mol. The van der Waals surface area contributed by atoms with Crippen LogP contribution < -0.4 is 10.0 Å². The molecule has 1 aromatic heterocycles. The normalized spacial score (nSPS) is 18.1. The number of carbonyl (C=O) groups is 1. The molecule has 0 atom stereocenters. The maximum atomic E-state index is 12.2. The monoisotopic (exact) mass is 350 g/mol. The first kappa shape index (κ1) is 17.2. The molecular formula is C11H18N4O5S2. The number of sulfonamides is 1. The van der Waals surface area contributed by atoms with Crippen molar-refractivity contribution < 1.29 is 23.1 Å². The molecule has 0 unspecified atom stereocenters. The van der Waals surface area contributed by atoms with Crippen LogP contribution in [0.2, 0.25) is 0 Å². The van der Waals surface area contributed by atoms with E-state index in [4.69, 9.17) is 4.74 Å². The van der Waals surface area contributed by atoms with Crippen molar-refractivity contribution in [3.8, 4) is 0 Å². The molecule has 9 nitrogen and oxygen atoms in total. The molecule has 1 fully saturated rings. The summed E-state index contributed by atoms with van der Waals surface area (Å²) < 4.78 is 31.9. The van der Waals surface area contributed by atoms with Crippen molar-refractivity contribution >= 4 is 32.4 Å². The van der Waals surface area contributed by atoms with E-state index in [1.807, 2.05) is 0 Å². The maximum absolute atomic E-state index is 12.2. The molecule has 2 heterocycles. The first-order valence-corrected chi connectivity index (χ1v) is 8.96. The standard InChI is InChI=1S/C11H18N4O5S2/c1-8(17)13-9-14-15-10(21-9)22(18,19)12-6-11(7-16)2-4-20-5-3-11/h12,16H,2-7H2,1H3,(H,13,14,17). The zero-order chi connectivity index (χ0) is 16.2. The minimum absolute atomic E-state index is 0.101. The molecule has 1 aliphatic heterocycles. The third-order valence-electron chi connectivity index (χ3n) is 3.45. The average Bonchev–Trinajstić information content (AvgIpc) is 2.95. The van der Waals surface area contributed by atoms with E-state index in [9.17, 15) is 18.3 Å². The van der Waals surface area contributed by atoms with Gasteiger partial charge in [0, 0.05) is 32.1 Å². The van der Waals surface area contributed by atoms with E-state index in [0.29, 0.717) is 26.1 Å². The number of amides is 1. The van der Waals surface area contributed by atoms with Gasteiger partial charge in [0.1, 0.15) is 0 Å². The highest BCUT2D eigenvalue weighted by Crippen LogP contribution is 2.30.